The van der Waals surface area contributed by atoms with Crippen LogP contribution in [0.3, 0.4) is 0 Å². The lowest BCUT2D eigenvalue weighted by atomic mass is 9.99. The second-order valence-electron chi connectivity index (χ2n) is 5.20. The maximum atomic E-state index is 6.15. The molecule has 1 aliphatic carbocycles. The van der Waals surface area contributed by atoms with Gasteiger partial charge in [0.2, 0.25) is 0 Å². The van der Waals surface area contributed by atoms with Gasteiger partial charge in [0.15, 0.2) is 0 Å². The topological polar surface area (TPSA) is 48.1 Å². The van der Waals surface area contributed by atoms with Gasteiger partial charge in [-0.2, -0.15) is 0 Å². The number of rotatable bonds is 4. The molecule has 1 aliphatic rings. The van der Waals surface area contributed by atoms with Crippen LogP contribution in [0.15, 0.2) is 24.3 Å². The third kappa shape index (κ3) is 2.72. The van der Waals surface area contributed by atoms with E-state index in [2.05, 4.69) is 19.1 Å². The van der Waals surface area contributed by atoms with Crippen LogP contribution in [0.1, 0.15) is 42.8 Å². The van der Waals surface area contributed by atoms with E-state index in [4.69, 9.17) is 15.5 Å². The molecule has 2 N–H and O–H groups in total. The molecule has 0 saturated heterocycles. The zero-order valence-corrected chi connectivity index (χ0v) is 12.6. The molecule has 3 rings (SSSR count). The molecule has 0 aliphatic heterocycles. The molecule has 0 fully saturated rings. The fourth-order valence-electron chi connectivity index (χ4n) is 2.51. The molecular formula is C16H20N2OS. The summed E-state index contributed by atoms with van der Waals surface area (Å²) in [7, 11) is 0. The summed E-state index contributed by atoms with van der Waals surface area (Å²) in [5.41, 5.74) is 8.39. The second kappa shape index (κ2) is 5.94. The van der Waals surface area contributed by atoms with E-state index < -0.39 is 0 Å². The smallest absolute Gasteiger partial charge is 0.124 e. The van der Waals surface area contributed by atoms with Gasteiger partial charge in [0.1, 0.15) is 10.8 Å². The highest BCUT2D eigenvalue weighted by atomic mass is 32.1. The Hall–Kier alpha value is -1.39. The van der Waals surface area contributed by atoms with Crippen molar-refractivity contribution in [3.8, 4) is 16.3 Å². The standard InChI is InChI=1S/C16H20N2OS/c1-2-9-19-12-6-3-5-11(10-12)16-18-15-13(17)7-4-8-14(15)20-16/h3,5-6,10,13H,2,4,7-9,17H2,1H3. The fraction of sp³-hybridized carbons (Fsp3) is 0.438. The average Bonchev–Trinajstić information content (AvgIpc) is 2.91. The normalized spacial score (nSPS) is 17.8. The predicted octanol–water partition coefficient (Wildman–Crippen LogP) is 3.94. The molecule has 0 spiro atoms. The Kier molecular flexibility index (Phi) is 4.03. The number of hydrogen-bond acceptors (Lipinski definition) is 4. The average molecular weight is 288 g/mol. The highest BCUT2D eigenvalue weighted by Crippen LogP contribution is 2.36. The van der Waals surface area contributed by atoms with Crippen LogP contribution in [-0.4, -0.2) is 11.6 Å². The van der Waals surface area contributed by atoms with Gasteiger partial charge in [0.05, 0.1) is 12.3 Å². The first kappa shape index (κ1) is 13.6. The SMILES string of the molecule is CCCOc1cccc(-c2nc3c(s2)CCCC3N)c1. The maximum Gasteiger partial charge on any atom is 0.124 e. The van der Waals surface area contributed by atoms with Crippen LogP contribution in [0.4, 0.5) is 0 Å². The Morgan fingerprint density at radius 1 is 1.45 bits per heavy atom. The van der Waals surface area contributed by atoms with E-state index in [9.17, 15) is 0 Å². The Labute approximate surface area is 123 Å². The summed E-state index contributed by atoms with van der Waals surface area (Å²) < 4.78 is 5.69. The van der Waals surface area contributed by atoms with Gasteiger partial charge in [-0.3, -0.25) is 0 Å². The van der Waals surface area contributed by atoms with Crippen LogP contribution in [-0.2, 0) is 6.42 Å². The van der Waals surface area contributed by atoms with Crippen molar-refractivity contribution in [3.63, 3.8) is 0 Å². The number of nitrogens with two attached hydrogens (primary N) is 1. The summed E-state index contributed by atoms with van der Waals surface area (Å²) in [6.07, 6.45) is 4.36. The third-order valence-electron chi connectivity index (χ3n) is 3.55. The van der Waals surface area contributed by atoms with Crippen molar-refractivity contribution in [2.24, 2.45) is 5.73 Å². The predicted molar refractivity (Wildman–Crippen MR) is 83.2 cm³/mol. The van der Waals surface area contributed by atoms with Crippen molar-refractivity contribution in [2.75, 3.05) is 6.61 Å². The minimum Gasteiger partial charge on any atom is -0.494 e. The summed E-state index contributed by atoms with van der Waals surface area (Å²) in [5, 5.41) is 1.06. The van der Waals surface area contributed by atoms with Crippen LogP contribution >= 0.6 is 11.3 Å². The van der Waals surface area contributed by atoms with Crippen LogP contribution < -0.4 is 10.5 Å². The Balaban J connectivity index is 1.89. The molecule has 1 aromatic heterocycles. The molecule has 0 bridgehead atoms. The molecule has 3 nitrogen and oxygen atoms in total. The number of nitrogens with zero attached hydrogens (tertiary/aromatic N) is 1. The third-order valence-corrected chi connectivity index (χ3v) is 4.73. The second-order valence-corrected chi connectivity index (χ2v) is 6.29. The van der Waals surface area contributed by atoms with Crippen LogP contribution in [0.5, 0.6) is 5.75 Å². The molecule has 2 aromatic rings. The van der Waals surface area contributed by atoms with Gasteiger partial charge in [-0.15, -0.1) is 11.3 Å². The minimum absolute atomic E-state index is 0.114. The van der Waals surface area contributed by atoms with Crippen molar-refractivity contribution in [3.05, 3.63) is 34.8 Å². The zero-order valence-electron chi connectivity index (χ0n) is 11.8. The molecule has 1 atom stereocenters. The van der Waals surface area contributed by atoms with Gasteiger partial charge in [-0.05, 0) is 37.8 Å². The highest BCUT2D eigenvalue weighted by molar-refractivity contribution is 7.15. The Bertz CT molecular complexity index is 594. The van der Waals surface area contributed by atoms with Crippen molar-refractivity contribution in [1.29, 1.82) is 0 Å². The van der Waals surface area contributed by atoms with Crippen LogP contribution in [0, 0.1) is 0 Å². The number of benzene rings is 1. The number of fused-ring (bicyclic) bond motifs is 1. The molecule has 1 aromatic carbocycles. The van der Waals surface area contributed by atoms with Gasteiger partial charge in [-0.1, -0.05) is 19.1 Å². The van der Waals surface area contributed by atoms with Crippen LogP contribution in [0.2, 0.25) is 0 Å². The van der Waals surface area contributed by atoms with Crippen molar-refractivity contribution >= 4 is 11.3 Å². The first-order valence-electron chi connectivity index (χ1n) is 7.26. The minimum atomic E-state index is 0.114. The molecule has 0 radical (unpaired) electrons. The largest absolute Gasteiger partial charge is 0.494 e. The molecular weight excluding hydrogens is 268 g/mol. The van der Waals surface area contributed by atoms with Gasteiger partial charge in [-0.25, -0.2) is 4.98 Å². The molecule has 1 unspecified atom stereocenters. The summed E-state index contributed by atoms with van der Waals surface area (Å²) in [4.78, 5) is 6.12. The van der Waals surface area contributed by atoms with E-state index in [1.54, 1.807) is 11.3 Å². The van der Waals surface area contributed by atoms with Crippen molar-refractivity contribution < 1.29 is 4.74 Å². The lowest BCUT2D eigenvalue weighted by Crippen LogP contribution is -2.16. The molecule has 106 valence electrons. The molecule has 1 heterocycles. The number of aromatic nitrogens is 1. The lowest BCUT2D eigenvalue weighted by molar-refractivity contribution is 0.317. The van der Waals surface area contributed by atoms with E-state index >= 15 is 0 Å². The monoisotopic (exact) mass is 288 g/mol. The number of thiazole rings is 1. The van der Waals surface area contributed by atoms with E-state index in [1.807, 2.05) is 12.1 Å². The molecule has 0 saturated carbocycles. The first-order valence-corrected chi connectivity index (χ1v) is 8.08. The van der Waals surface area contributed by atoms with Gasteiger partial charge < -0.3 is 10.5 Å². The summed E-state index contributed by atoms with van der Waals surface area (Å²) in [5.74, 6) is 0.918. The summed E-state index contributed by atoms with van der Waals surface area (Å²) >= 11 is 1.78. The lowest BCUT2D eigenvalue weighted by Gasteiger charge is -2.15. The Morgan fingerprint density at radius 2 is 2.35 bits per heavy atom. The van der Waals surface area contributed by atoms with Crippen LogP contribution in [0.25, 0.3) is 10.6 Å². The quantitative estimate of drug-likeness (QED) is 0.927. The first-order chi connectivity index (χ1) is 9.78. The number of aryl methyl sites for hydroxylation is 1. The summed E-state index contributed by atoms with van der Waals surface area (Å²) in [6.45, 7) is 2.86. The van der Waals surface area contributed by atoms with Gasteiger partial charge >= 0.3 is 0 Å². The van der Waals surface area contributed by atoms with E-state index in [-0.39, 0.29) is 6.04 Å². The van der Waals surface area contributed by atoms with E-state index in [1.165, 1.54) is 11.3 Å². The Morgan fingerprint density at radius 3 is 3.15 bits per heavy atom. The number of ether oxygens (including phenoxy) is 1. The molecule has 0 amide bonds. The van der Waals surface area contributed by atoms with Crippen molar-refractivity contribution in [2.45, 2.75) is 38.6 Å². The van der Waals surface area contributed by atoms with Crippen molar-refractivity contribution in [1.82, 2.24) is 4.98 Å². The fourth-order valence-corrected chi connectivity index (χ4v) is 3.68. The van der Waals surface area contributed by atoms with Gasteiger partial charge in [0, 0.05) is 16.5 Å². The summed E-state index contributed by atoms with van der Waals surface area (Å²) in [6, 6.07) is 8.31. The number of hydrogen-bond donors (Lipinski definition) is 1. The highest BCUT2D eigenvalue weighted by Gasteiger charge is 2.22. The zero-order chi connectivity index (χ0) is 13.9. The maximum absolute atomic E-state index is 6.15. The molecule has 20 heavy (non-hydrogen) atoms. The van der Waals surface area contributed by atoms with E-state index in [0.29, 0.717) is 0 Å². The molecule has 4 heteroatoms. The van der Waals surface area contributed by atoms with E-state index in [0.717, 1.165) is 47.9 Å². The van der Waals surface area contributed by atoms with Gasteiger partial charge in [0.25, 0.3) is 0 Å².